The first-order valence-electron chi connectivity index (χ1n) is 13.2. The number of fused-ring (bicyclic) bond motifs is 3. The van der Waals surface area contributed by atoms with E-state index in [-0.39, 0.29) is 16.9 Å². The van der Waals surface area contributed by atoms with Gasteiger partial charge in [-0.2, -0.15) is 13.2 Å². The Morgan fingerprint density at radius 3 is 2.67 bits per heavy atom. The Balaban J connectivity index is 1.35. The molecule has 9 heteroatoms. The van der Waals surface area contributed by atoms with Crippen molar-refractivity contribution < 1.29 is 18.0 Å². The number of aromatic nitrogens is 3. The van der Waals surface area contributed by atoms with Crippen molar-refractivity contribution in [2.75, 3.05) is 18.4 Å². The minimum Gasteiger partial charge on any atom is -0.363 e. The van der Waals surface area contributed by atoms with Crippen LogP contribution in [-0.2, 0) is 11.0 Å². The van der Waals surface area contributed by atoms with Gasteiger partial charge in [-0.05, 0) is 73.6 Å². The van der Waals surface area contributed by atoms with Crippen LogP contribution in [0.1, 0.15) is 61.4 Å². The van der Waals surface area contributed by atoms with Gasteiger partial charge in [0.1, 0.15) is 12.1 Å². The highest BCUT2D eigenvalue weighted by molar-refractivity contribution is 5.94. The molecule has 1 fully saturated rings. The van der Waals surface area contributed by atoms with E-state index >= 15 is 0 Å². The van der Waals surface area contributed by atoms with E-state index in [1.54, 1.807) is 18.6 Å². The summed E-state index contributed by atoms with van der Waals surface area (Å²) >= 11 is 0. The lowest BCUT2D eigenvalue weighted by Crippen LogP contribution is -2.38. The van der Waals surface area contributed by atoms with Gasteiger partial charge >= 0.3 is 6.18 Å². The Morgan fingerprint density at radius 2 is 1.97 bits per heavy atom. The molecule has 1 amide bonds. The van der Waals surface area contributed by atoms with Crippen molar-refractivity contribution in [1.29, 1.82) is 0 Å². The number of hydrogen-bond donors (Lipinski definition) is 1. The maximum absolute atomic E-state index is 13.5. The number of rotatable bonds is 5. The SMILES string of the molecule is Cc1c(C(C)Nc2nc3cncn3c3ccc(C4=CCN(C(=O)C5(C)CC5)CC4)cc23)cccc1C(F)(F)F. The minimum atomic E-state index is -4.42. The number of amides is 1. The molecule has 39 heavy (non-hydrogen) atoms. The molecular formula is C30H30F3N5O. The molecule has 1 unspecified atom stereocenters. The second-order valence-corrected chi connectivity index (χ2v) is 11.0. The molecule has 0 bridgehead atoms. The lowest BCUT2D eigenvalue weighted by Gasteiger charge is -2.29. The van der Waals surface area contributed by atoms with Crippen molar-refractivity contribution in [3.63, 3.8) is 0 Å². The quantitative estimate of drug-likeness (QED) is 0.307. The van der Waals surface area contributed by atoms with Gasteiger partial charge in [-0.15, -0.1) is 0 Å². The van der Waals surface area contributed by atoms with E-state index in [1.807, 2.05) is 29.2 Å². The predicted octanol–water partition coefficient (Wildman–Crippen LogP) is 6.80. The van der Waals surface area contributed by atoms with E-state index in [0.29, 0.717) is 30.1 Å². The first kappa shape index (κ1) is 25.4. The maximum Gasteiger partial charge on any atom is 0.416 e. The average molecular weight is 534 g/mol. The number of nitrogens with zero attached hydrogens (tertiary/aromatic N) is 4. The van der Waals surface area contributed by atoms with Gasteiger partial charge < -0.3 is 10.2 Å². The normalized spacial score (nSPS) is 17.8. The number of hydrogen-bond acceptors (Lipinski definition) is 4. The van der Waals surface area contributed by atoms with Crippen LogP contribution in [0.3, 0.4) is 0 Å². The van der Waals surface area contributed by atoms with Crippen LogP contribution in [-0.4, -0.2) is 38.3 Å². The Hall–Kier alpha value is -3.88. The first-order valence-corrected chi connectivity index (χ1v) is 13.2. The molecule has 6 nitrogen and oxygen atoms in total. The van der Waals surface area contributed by atoms with Gasteiger partial charge in [-0.3, -0.25) is 9.20 Å². The molecule has 3 heterocycles. The highest BCUT2D eigenvalue weighted by Crippen LogP contribution is 2.47. The maximum atomic E-state index is 13.5. The fourth-order valence-electron chi connectivity index (χ4n) is 5.59. The second kappa shape index (κ2) is 9.10. The number of carbonyl (C=O) groups is 1. The Morgan fingerprint density at radius 1 is 1.18 bits per heavy atom. The van der Waals surface area contributed by atoms with Crippen LogP contribution < -0.4 is 5.32 Å². The molecule has 6 rings (SSSR count). The summed E-state index contributed by atoms with van der Waals surface area (Å²) in [6.45, 7) is 6.67. The van der Waals surface area contributed by atoms with Crippen LogP contribution in [0.4, 0.5) is 19.0 Å². The van der Waals surface area contributed by atoms with Gasteiger partial charge in [0.2, 0.25) is 5.91 Å². The predicted molar refractivity (Wildman–Crippen MR) is 145 cm³/mol. The van der Waals surface area contributed by atoms with E-state index in [4.69, 9.17) is 4.98 Å². The summed E-state index contributed by atoms with van der Waals surface area (Å²) < 4.78 is 42.5. The zero-order valence-corrected chi connectivity index (χ0v) is 22.1. The van der Waals surface area contributed by atoms with E-state index in [9.17, 15) is 18.0 Å². The number of alkyl halides is 3. The van der Waals surface area contributed by atoms with Gasteiger partial charge in [0.15, 0.2) is 5.65 Å². The zero-order valence-electron chi connectivity index (χ0n) is 22.1. The molecule has 1 N–H and O–H groups in total. The van der Waals surface area contributed by atoms with Crippen LogP contribution >= 0.6 is 0 Å². The molecule has 0 saturated heterocycles. The topological polar surface area (TPSA) is 62.5 Å². The fourth-order valence-corrected chi connectivity index (χ4v) is 5.59. The first-order chi connectivity index (χ1) is 18.5. The van der Waals surface area contributed by atoms with Crippen molar-refractivity contribution in [2.24, 2.45) is 5.41 Å². The number of halogens is 3. The van der Waals surface area contributed by atoms with Crippen LogP contribution in [0.5, 0.6) is 0 Å². The Bertz CT molecular complexity index is 1630. The standard InChI is InChI=1S/C30H30F3N5O/c1-18-22(5-4-6-24(18)30(31,32)33)19(2)35-27-23-15-21(7-8-25(23)38-17-34-16-26(38)36-27)20-9-13-37(14-10-20)28(39)29(3)11-12-29/h4-9,15-17,19H,10-14H2,1-3H3,(H,35,36). The molecule has 1 atom stereocenters. The zero-order chi connectivity index (χ0) is 27.5. The molecule has 4 aromatic rings. The third-order valence-corrected chi connectivity index (χ3v) is 8.24. The summed E-state index contributed by atoms with van der Waals surface area (Å²) in [4.78, 5) is 23.7. The van der Waals surface area contributed by atoms with Crippen LogP contribution in [0.2, 0.25) is 0 Å². The Kier molecular flexibility index (Phi) is 5.93. The smallest absolute Gasteiger partial charge is 0.363 e. The van der Waals surface area contributed by atoms with Gasteiger partial charge in [0.25, 0.3) is 0 Å². The summed E-state index contributed by atoms with van der Waals surface area (Å²) in [6.07, 6.45) is 3.77. The van der Waals surface area contributed by atoms with E-state index in [1.165, 1.54) is 18.6 Å². The summed E-state index contributed by atoms with van der Waals surface area (Å²) in [6, 6.07) is 10.0. The summed E-state index contributed by atoms with van der Waals surface area (Å²) in [5, 5.41) is 4.23. The lowest BCUT2D eigenvalue weighted by molar-refractivity contribution is -0.138. The molecule has 1 aliphatic carbocycles. The van der Waals surface area contributed by atoms with E-state index in [2.05, 4.69) is 28.5 Å². The Labute approximate surface area is 224 Å². The van der Waals surface area contributed by atoms with E-state index in [0.717, 1.165) is 41.8 Å². The highest BCUT2D eigenvalue weighted by atomic mass is 19.4. The largest absolute Gasteiger partial charge is 0.416 e. The summed E-state index contributed by atoms with van der Waals surface area (Å²) in [7, 11) is 0. The number of nitrogens with one attached hydrogen (secondary N) is 1. The van der Waals surface area contributed by atoms with E-state index < -0.39 is 17.8 Å². The van der Waals surface area contributed by atoms with Crippen LogP contribution in [0, 0.1) is 12.3 Å². The lowest BCUT2D eigenvalue weighted by atomic mass is 9.96. The van der Waals surface area contributed by atoms with Gasteiger partial charge in [0, 0.05) is 23.9 Å². The molecule has 1 aliphatic heterocycles. The molecular weight excluding hydrogens is 503 g/mol. The number of benzene rings is 2. The third-order valence-electron chi connectivity index (χ3n) is 8.24. The monoisotopic (exact) mass is 533 g/mol. The van der Waals surface area contributed by atoms with Crippen molar-refractivity contribution in [3.8, 4) is 0 Å². The number of imidazole rings is 1. The van der Waals surface area contributed by atoms with Crippen molar-refractivity contribution in [3.05, 3.63) is 77.3 Å². The fraction of sp³-hybridized carbons (Fsp3) is 0.367. The molecule has 2 aromatic carbocycles. The third kappa shape index (κ3) is 4.53. The average Bonchev–Trinajstić information content (AvgIpc) is 3.49. The summed E-state index contributed by atoms with van der Waals surface area (Å²) in [5.41, 5.74) is 3.70. The van der Waals surface area contributed by atoms with Crippen molar-refractivity contribution in [1.82, 2.24) is 19.3 Å². The number of carbonyl (C=O) groups excluding carboxylic acids is 1. The van der Waals surface area contributed by atoms with Gasteiger partial charge in [-0.1, -0.05) is 31.2 Å². The molecule has 2 aliphatic rings. The molecule has 0 radical (unpaired) electrons. The van der Waals surface area contributed by atoms with Gasteiger partial charge in [-0.25, -0.2) is 9.97 Å². The van der Waals surface area contributed by atoms with Crippen molar-refractivity contribution >= 4 is 33.8 Å². The van der Waals surface area contributed by atoms with Crippen LogP contribution in [0.25, 0.3) is 22.1 Å². The van der Waals surface area contributed by atoms with Crippen LogP contribution in [0.15, 0.2) is 55.0 Å². The summed E-state index contributed by atoms with van der Waals surface area (Å²) in [5.74, 6) is 0.826. The number of anilines is 1. The van der Waals surface area contributed by atoms with Gasteiger partial charge in [0.05, 0.1) is 23.3 Å². The molecule has 202 valence electrons. The molecule has 0 spiro atoms. The second-order valence-electron chi connectivity index (χ2n) is 11.0. The molecule has 1 saturated carbocycles. The molecule has 2 aromatic heterocycles. The minimum absolute atomic E-state index is 0.175. The highest BCUT2D eigenvalue weighted by Gasteiger charge is 2.47. The van der Waals surface area contributed by atoms with Crippen molar-refractivity contribution in [2.45, 2.75) is 52.3 Å².